The number of carbonyl (C=O) groups excluding carboxylic acids is 2. The van der Waals surface area contributed by atoms with E-state index < -0.39 is 0 Å². The Morgan fingerprint density at radius 1 is 1.19 bits per heavy atom. The fourth-order valence-electron chi connectivity index (χ4n) is 3.56. The summed E-state index contributed by atoms with van der Waals surface area (Å²) in [4.78, 5) is 28.0. The molecular weight excluding hydrogens is 421 g/mol. The predicted molar refractivity (Wildman–Crippen MR) is 117 cm³/mol. The van der Waals surface area contributed by atoms with E-state index in [1.807, 2.05) is 0 Å². The van der Waals surface area contributed by atoms with E-state index in [4.69, 9.17) is 16.3 Å². The molecule has 1 saturated heterocycles. The van der Waals surface area contributed by atoms with E-state index in [0.29, 0.717) is 29.4 Å². The largest absolute Gasteiger partial charge is 0.483 e. The Labute approximate surface area is 186 Å². The van der Waals surface area contributed by atoms with Gasteiger partial charge in [0.2, 0.25) is 5.91 Å². The zero-order valence-electron chi connectivity index (χ0n) is 17.7. The van der Waals surface area contributed by atoms with Crippen LogP contribution in [0.15, 0.2) is 42.5 Å². The fourth-order valence-corrected chi connectivity index (χ4v) is 3.75. The van der Waals surface area contributed by atoms with Crippen molar-refractivity contribution in [3.05, 3.63) is 64.4 Å². The maximum absolute atomic E-state index is 13.1. The minimum absolute atomic E-state index is 0.0839. The summed E-state index contributed by atoms with van der Waals surface area (Å²) in [6.45, 7) is 6.37. The molecule has 31 heavy (non-hydrogen) atoms. The molecule has 0 aromatic heterocycles. The van der Waals surface area contributed by atoms with Gasteiger partial charge in [0.05, 0.1) is 0 Å². The Morgan fingerprint density at radius 2 is 1.94 bits per heavy atom. The van der Waals surface area contributed by atoms with Crippen LogP contribution < -0.4 is 10.1 Å². The van der Waals surface area contributed by atoms with Gasteiger partial charge in [0, 0.05) is 56.3 Å². The Bertz CT molecular complexity index is 923. The number of amides is 2. The molecular formula is C23H27ClFN3O3. The molecule has 1 aliphatic heterocycles. The Hall–Kier alpha value is -2.64. The van der Waals surface area contributed by atoms with Crippen LogP contribution in [-0.2, 0) is 22.7 Å². The third kappa shape index (κ3) is 6.67. The van der Waals surface area contributed by atoms with Gasteiger partial charge in [0.25, 0.3) is 5.91 Å². The smallest absolute Gasteiger partial charge is 0.260 e. The molecule has 2 aromatic rings. The lowest BCUT2D eigenvalue weighted by Gasteiger charge is -2.39. The molecule has 0 bridgehead atoms. The summed E-state index contributed by atoms with van der Waals surface area (Å²) >= 11 is 6.05. The molecule has 2 aromatic carbocycles. The first-order valence-electron chi connectivity index (χ1n) is 10.2. The third-order valence-electron chi connectivity index (χ3n) is 5.32. The minimum Gasteiger partial charge on any atom is -0.483 e. The van der Waals surface area contributed by atoms with Gasteiger partial charge in [0.15, 0.2) is 6.61 Å². The standard InChI is InChI=1S/C23H27ClFN3O3/c1-16-13-28(10-9-27(16)14-18-3-6-21(25)7-4-18)23(30)15-31-22-8-5-20(24)11-19(22)12-26-17(2)29/h3-8,11,16H,9-10,12-15H2,1-2H3,(H,26,29). The zero-order chi connectivity index (χ0) is 22.4. The first-order valence-corrected chi connectivity index (χ1v) is 10.6. The number of nitrogens with zero attached hydrogens (tertiary/aromatic N) is 2. The van der Waals surface area contributed by atoms with Crippen molar-refractivity contribution in [2.75, 3.05) is 26.2 Å². The van der Waals surface area contributed by atoms with Gasteiger partial charge in [-0.3, -0.25) is 14.5 Å². The average Bonchev–Trinajstić information content (AvgIpc) is 2.74. The van der Waals surface area contributed by atoms with E-state index in [1.54, 1.807) is 35.2 Å². The number of halogens is 2. The van der Waals surface area contributed by atoms with E-state index in [9.17, 15) is 14.0 Å². The van der Waals surface area contributed by atoms with E-state index in [1.165, 1.54) is 19.1 Å². The molecule has 3 rings (SSSR count). The van der Waals surface area contributed by atoms with Crippen molar-refractivity contribution >= 4 is 23.4 Å². The number of benzene rings is 2. The van der Waals surface area contributed by atoms with E-state index in [2.05, 4.69) is 17.1 Å². The van der Waals surface area contributed by atoms with Crippen molar-refractivity contribution in [3.8, 4) is 5.75 Å². The summed E-state index contributed by atoms with van der Waals surface area (Å²) < 4.78 is 18.9. The number of piperazine rings is 1. The van der Waals surface area contributed by atoms with E-state index >= 15 is 0 Å². The number of carbonyl (C=O) groups is 2. The number of hydrogen-bond acceptors (Lipinski definition) is 4. The van der Waals surface area contributed by atoms with Gasteiger partial charge in [-0.05, 0) is 42.8 Å². The second-order valence-electron chi connectivity index (χ2n) is 7.74. The SMILES string of the molecule is CC(=O)NCc1cc(Cl)ccc1OCC(=O)N1CCN(Cc2ccc(F)cc2)C(C)C1. The van der Waals surface area contributed by atoms with Crippen LogP contribution in [0.2, 0.25) is 5.02 Å². The maximum Gasteiger partial charge on any atom is 0.260 e. The maximum atomic E-state index is 13.1. The highest BCUT2D eigenvalue weighted by Crippen LogP contribution is 2.23. The van der Waals surface area contributed by atoms with Crippen molar-refractivity contribution in [2.24, 2.45) is 0 Å². The number of nitrogens with one attached hydrogen (secondary N) is 1. The van der Waals surface area contributed by atoms with Gasteiger partial charge in [-0.15, -0.1) is 0 Å². The second kappa shape index (κ2) is 10.6. The normalized spacial score (nSPS) is 16.8. The van der Waals surface area contributed by atoms with E-state index in [-0.39, 0.29) is 36.8 Å². The summed E-state index contributed by atoms with van der Waals surface area (Å²) in [5, 5.41) is 3.25. The molecule has 1 heterocycles. The number of rotatable bonds is 7. The molecule has 2 amide bonds. The van der Waals surface area contributed by atoms with Gasteiger partial charge in [-0.1, -0.05) is 23.7 Å². The Balaban J connectivity index is 1.53. The highest BCUT2D eigenvalue weighted by molar-refractivity contribution is 6.30. The zero-order valence-corrected chi connectivity index (χ0v) is 18.5. The third-order valence-corrected chi connectivity index (χ3v) is 5.55. The molecule has 1 unspecified atom stereocenters. The van der Waals surface area contributed by atoms with Gasteiger partial charge >= 0.3 is 0 Å². The van der Waals surface area contributed by atoms with Gasteiger partial charge < -0.3 is 15.0 Å². The van der Waals surface area contributed by atoms with Gasteiger partial charge in [0.1, 0.15) is 11.6 Å². The van der Waals surface area contributed by atoms with Crippen molar-refractivity contribution in [1.29, 1.82) is 0 Å². The van der Waals surface area contributed by atoms with Crippen molar-refractivity contribution in [3.63, 3.8) is 0 Å². The van der Waals surface area contributed by atoms with Crippen LogP contribution in [0.1, 0.15) is 25.0 Å². The number of hydrogen-bond donors (Lipinski definition) is 1. The highest BCUT2D eigenvalue weighted by Gasteiger charge is 2.27. The van der Waals surface area contributed by atoms with Crippen molar-refractivity contribution in [1.82, 2.24) is 15.1 Å². The van der Waals surface area contributed by atoms with Gasteiger partial charge in [-0.2, -0.15) is 0 Å². The minimum atomic E-state index is -0.242. The van der Waals surface area contributed by atoms with Crippen molar-refractivity contribution < 1.29 is 18.7 Å². The van der Waals surface area contributed by atoms with Crippen LogP contribution in [0.25, 0.3) is 0 Å². The van der Waals surface area contributed by atoms with Crippen LogP contribution in [0.3, 0.4) is 0 Å². The van der Waals surface area contributed by atoms with Crippen LogP contribution in [0, 0.1) is 5.82 Å². The van der Waals surface area contributed by atoms with Crippen LogP contribution in [0.5, 0.6) is 5.75 Å². The van der Waals surface area contributed by atoms with E-state index in [0.717, 1.165) is 18.7 Å². The molecule has 0 saturated carbocycles. The molecule has 8 heteroatoms. The molecule has 0 radical (unpaired) electrons. The summed E-state index contributed by atoms with van der Waals surface area (Å²) in [6, 6.07) is 11.8. The lowest BCUT2D eigenvalue weighted by Crippen LogP contribution is -2.54. The van der Waals surface area contributed by atoms with Gasteiger partial charge in [-0.25, -0.2) is 4.39 Å². The topological polar surface area (TPSA) is 61.9 Å². The molecule has 1 atom stereocenters. The lowest BCUT2D eigenvalue weighted by atomic mass is 10.1. The first-order chi connectivity index (χ1) is 14.8. The second-order valence-corrected chi connectivity index (χ2v) is 8.17. The Kier molecular flexibility index (Phi) is 7.87. The lowest BCUT2D eigenvalue weighted by molar-refractivity contribution is -0.136. The molecule has 166 valence electrons. The molecule has 6 nitrogen and oxygen atoms in total. The van der Waals surface area contributed by atoms with Crippen LogP contribution in [-0.4, -0.2) is 53.9 Å². The van der Waals surface area contributed by atoms with Crippen molar-refractivity contribution in [2.45, 2.75) is 33.0 Å². The molecule has 1 N–H and O–H groups in total. The summed E-state index contributed by atoms with van der Waals surface area (Å²) in [6.07, 6.45) is 0. The monoisotopic (exact) mass is 447 g/mol. The summed E-state index contributed by atoms with van der Waals surface area (Å²) in [5.74, 6) is 0.0332. The van der Waals surface area contributed by atoms with Crippen LogP contribution >= 0.6 is 11.6 Å². The van der Waals surface area contributed by atoms with Crippen LogP contribution in [0.4, 0.5) is 4.39 Å². The predicted octanol–water partition coefficient (Wildman–Crippen LogP) is 3.23. The number of ether oxygens (including phenoxy) is 1. The molecule has 0 aliphatic carbocycles. The molecule has 1 fully saturated rings. The fraction of sp³-hybridized carbons (Fsp3) is 0.391. The Morgan fingerprint density at radius 3 is 2.61 bits per heavy atom. The molecule has 1 aliphatic rings. The summed E-state index contributed by atoms with van der Waals surface area (Å²) in [7, 11) is 0. The summed E-state index contributed by atoms with van der Waals surface area (Å²) in [5.41, 5.74) is 1.76. The average molecular weight is 448 g/mol. The molecule has 0 spiro atoms. The quantitative estimate of drug-likeness (QED) is 0.708. The highest BCUT2D eigenvalue weighted by atomic mass is 35.5. The first kappa shape index (κ1) is 23.0.